The molecule has 4 heteroatoms. The summed E-state index contributed by atoms with van der Waals surface area (Å²) in [5, 5.41) is 0.513. The molecular formula is C16H17ClN2O. The van der Waals surface area contributed by atoms with Gasteiger partial charge in [-0.1, -0.05) is 11.6 Å². The molecule has 1 saturated carbocycles. The predicted octanol–water partition coefficient (Wildman–Crippen LogP) is 4.46. The van der Waals surface area contributed by atoms with Crippen molar-refractivity contribution in [3.8, 4) is 17.1 Å². The number of hydrogen-bond donors (Lipinski definition) is 0. The van der Waals surface area contributed by atoms with Crippen molar-refractivity contribution in [2.75, 3.05) is 0 Å². The van der Waals surface area contributed by atoms with E-state index in [2.05, 4.69) is 9.97 Å². The van der Waals surface area contributed by atoms with E-state index in [4.69, 9.17) is 16.3 Å². The van der Waals surface area contributed by atoms with Crippen molar-refractivity contribution in [1.82, 2.24) is 9.97 Å². The molecule has 0 unspecified atom stereocenters. The molecule has 1 aliphatic rings. The fourth-order valence-corrected chi connectivity index (χ4v) is 2.30. The highest BCUT2D eigenvalue weighted by Gasteiger charge is 2.26. The first kappa shape index (κ1) is 13.4. The Balaban J connectivity index is 1.88. The standard InChI is InChI=1S/C16H17ClN2O/c1-10(2)20-13-7-5-12(6-8-13)16-18-14(11-3-4-11)9-15(17)19-16/h5-11H,3-4H2,1-2H3. The molecule has 2 aromatic rings. The monoisotopic (exact) mass is 288 g/mol. The van der Waals surface area contributed by atoms with Gasteiger partial charge in [-0.2, -0.15) is 0 Å². The van der Waals surface area contributed by atoms with Gasteiger partial charge in [-0.05, 0) is 57.0 Å². The molecule has 1 heterocycles. The Labute approximate surface area is 124 Å². The van der Waals surface area contributed by atoms with Gasteiger partial charge >= 0.3 is 0 Å². The third-order valence-electron chi connectivity index (χ3n) is 3.19. The van der Waals surface area contributed by atoms with Crippen LogP contribution in [0, 0.1) is 0 Å². The van der Waals surface area contributed by atoms with Crippen LogP contribution in [0.1, 0.15) is 38.3 Å². The third-order valence-corrected chi connectivity index (χ3v) is 3.39. The summed E-state index contributed by atoms with van der Waals surface area (Å²) in [5.41, 5.74) is 2.02. The van der Waals surface area contributed by atoms with Gasteiger partial charge in [0.15, 0.2) is 5.82 Å². The van der Waals surface area contributed by atoms with Gasteiger partial charge in [-0.3, -0.25) is 0 Å². The molecule has 0 amide bonds. The Bertz CT molecular complexity index is 606. The molecule has 0 saturated heterocycles. The average Bonchev–Trinajstić information content (AvgIpc) is 3.22. The normalized spacial score (nSPS) is 14.6. The van der Waals surface area contributed by atoms with E-state index < -0.39 is 0 Å². The van der Waals surface area contributed by atoms with Gasteiger partial charge in [0.1, 0.15) is 10.9 Å². The van der Waals surface area contributed by atoms with Gasteiger partial charge in [0.25, 0.3) is 0 Å². The lowest BCUT2D eigenvalue weighted by Gasteiger charge is -2.10. The lowest BCUT2D eigenvalue weighted by molar-refractivity contribution is 0.242. The summed E-state index contributed by atoms with van der Waals surface area (Å²) in [4.78, 5) is 8.94. The lowest BCUT2D eigenvalue weighted by atomic mass is 10.2. The van der Waals surface area contributed by atoms with Crippen LogP contribution in [0.25, 0.3) is 11.4 Å². The van der Waals surface area contributed by atoms with Crippen LogP contribution in [0.2, 0.25) is 5.15 Å². The zero-order chi connectivity index (χ0) is 14.1. The average molecular weight is 289 g/mol. The van der Waals surface area contributed by atoms with Crippen LogP contribution >= 0.6 is 11.6 Å². The first-order valence-corrected chi connectivity index (χ1v) is 7.31. The van der Waals surface area contributed by atoms with Crippen LogP contribution in [0.5, 0.6) is 5.75 Å². The molecule has 0 bridgehead atoms. The van der Waals surface area contributed by atoms with E-state index in [1.165, 1.54) is 12.8 Å². The molecule has 0 N–H and O–H groups in total. The zero-order valence-corrected chi connectivity index (χ0v) is 12.4. The Morgan fingerprint density at radius 1 is 1.15 bits per heavy atom. The molecule has 1 fully saturated rings. The molecule has 0 spiro atoms. The molecule has 104 valence electrons. The fraction of sp³-hybridized carbons (Fsp3) is 0.375. The largest absolute Gasteiger partial charge is 0.491 e. The summed E-state index contributed by atoms with van der Waals surface area (Å²) in [7, 11) is 0. The second-order valence-electron chi connectivity index (χ2n) is 5.40. The van der Waals surface area contributed by atoms with E-state index in [1.807, 2.05) is 44.2 Å². The minimum absolute atomic E-state index is 0.171. The molecule has 0 aliphatic heterocycles. The first-order valence-electron chi connectivity index (χ1n) is 6.93. The van der Waals surface area contributed by atoms with Crippen molar-refractivity contribution >= 4 is 11.6 Å². The maximum Gasteiger partial charge on any atom is 0.161 e. The predicted molar refractivity (Wildman–Crippen MR) is 80.2 cm³/mol. The van der Waals surface area contributed by atoms with E-state index in [0.29, 0.717) is 16.9 Å². The highest BCUT2D eigenvalue weighted by Crippen LogP contribution is 2.40. The van der Waals surface area contributed by atoms with Gasteiger partial charge in [0.05, 0.1) is 6.10 Å². The van der Waals surface area contributed by atoms with E-state index in [-0.39, 0.29) is 6.10 Å². The van der Waals surface area contributed by atoms with E-state index >= 15 is 0 Å². The third kappa shape index (κ3) is 3.10. The van der Waals surface area contributed by atoms with Crippen molar-refractivity contribution in [3.63, 3.8) is 0 Å². The lowest BCUT2D eigenvalue weighted by Crippen LogP contribution is -2.05. The summed E-state index contributed by atoms with van der Waals surface area (Å²) in [5.74, 6) is 2.11. The topological polar surface area (TPSA) is 35.0 Å². The SMILES string of the molecule is CC(C)Oc1ccc(-c2nc(Cl)cc(C3CC3)n2)cc1. The minimum Gasteiger partial charge on any atom is -0.491 e. The number of aromatic nitrogens is 2. The molecule has 20 heavy (non-hydrogen) atoms. The van der Waals surface area contributed by atoms with Crippen LogP contribution < -0.4 is 4.74 Å². The Hall–Kier alpha value is -1.61. The number of ether oxygens (including phenoxy) is 1. The van der Waals surface area contributed by atoms with Crippen LogP contribution in [-0.4, -0.2) is 16.1 Å². The van der Waals surface area contributed by atoms with E-state index in [1.54, 1.807) is 0 Å². The molecule has 3 nitrogen and oxygen atoms in total. The Kier molecular flexibility index (Phi) is 3.62. The Morgan fingerprint density at radius 3 is 2.45 bits per heavy atom. The first-order chi connectivity index (χ1) is 9.61. The van der Waals surface area contributed by atoms with Crippen LogP contribution in [0.3, 0.4) is 0 Å². The van der Waals surface area contributed by atoms with E-state index in [0.717, 1.165) is 17.0 Å². The van der Waals surface area contributed by atoms with Gasteiger partial charge in [-0.15, -0.1) is 0 Å². The Morgan fingerprint density at radius 2 is 1.85 bits per heavy atom. The van der Waals surface area contributed by atoms with Gasteiger partial charge in [0, 0.05) is 17.2 Å². The molecule has 1 aliphatic carbocycles. The second kappa shape index (κ2) is 5.41. The number of hydrogen-bond acceptors (Lipinski definition) is 3. The van der Waals surface area contributed by atoms with Crippen molar-refractivity contribution in [2.24, 2.45) is 0 Å². The summed E-state index contributed by atoms with van der Waals surface area (Å²) in [6.45, 7) is 4.02. The molecule has 0 radical (unpaired) electrons. The summed E-state index contributed by atoms with van der Waals surface area (Å²) >= 11 is 6.10. The van der Waals surface area contributed by atoms with Crippen molar-refractivity contribution in [1.29, 1.82) is 0 Å². The van der Waals surface area contributed by atoms with Crippen LogP contribution in [0.15, 0.2) is 30.3 Å². The summed E-state index contributed by atoms with van der Waals surface area (Å²) in [6.07, 6.45) is 2.58. The highest BCUT2D eigenvalue weighted by atomic mass is 35.5. The maximum absolute atomic E-state index is 6.10. The molecule has 0 atom stereocenters. The number of halogens is 1. The minimum atomic E-state index is 0.171. The van der Waals surface area contributed by atoms with Gasteiger partial charge < -0.3 is 4.74 Å². The number of nitrogens with zero attached hydrogens (tertiary/aromatic N) is 2. The smallest absolute Gasteiger partial charge is 0.161 e. The molecule has 1 aromatic carbocycles. The van der Waals surface area contributed by atoms with Gasteiger partial charge in [0.2, 0.25) is 0 Å². The zero-order valence-electron chi connectivity index (χ0n) is 11.6. The molecular weight excluding hydrogens is 272 g/mol. The van der Waals surface area contributed by atoms with Crippen molar-refractivity contribution < 1.29 is 4.74 Å². The quantitative estimate of drug-likeness (QED) is 0.779. The molecule has 1 aromatic heterocycles. The van der Waals surface area contributed by atoms with E-state index in [9.17, 15) is 0 Å². The number of rotatable bonds is 4. The van der Waals surface area contributed by atoms with Crippen LogP contribution in [-0.2, 0) is 0 Å². The molecule has 3 rings (SSSR count). The number of benzene rings is 1. The van der Waals surface area contributed by atoms with Crippen LogP contribution in [0.4, 0.5) is 0 Å². The maximum atomic E-state index is 6.10. The highest BCUT2D eigenvalue weighted by molar-refractivity contribution is 6.29. The van der Waals surface area contributed by atoms with Crippen molar-refractivity contribution in [2.45, 2.75) is 38.7 Å². The van der Waals surface area contributed by atoms with Gasteiger partial charge in [-0.25, -0.2) is 9.97 Å². The summed E-state index contributed by atoms with van der Waals surface area (Å²) < 4.78 is 5.63. The van der Waals surface area contributed by atoms with Crippen molar-refractivity contribution in [3.05, 3.63) is 41.2 Å². The fourth-order valence-electron chi connectivity index (χ4n) is 2.11. The summed E-state index contributed by atoms with van der Waals surface area (Å²) in [6, 6.07) is 9.70. The second-order valence-corrected chi connectivity index (χ2v) is 5.79.